The predicted octanol–water partition coefficient (Wildman–Crippen LogP) is 1.10. The number of aryl methyl sites for hydroxylation is 1. The summed E-state index contributed by atoms with van der Waals surface area (Å²) in [7, 11) is 0. The Morgan fingerprint density at radius 1 is 1.60 bits per heavy atom. The third-order valence-electron chi connectivity index (χ3n) is 2.60. The Balaban J connectivity index is 2.14. The Bertz CT molecular complexity index is 389. The Labute approximate surface area is 87.7 Å². The SMILES string of the molecule is N[C@@H]1CCc2ccc(OCC(=O)O)cc21. The van der Waals surface area contributed by atoms with Crippen molar-refractivity contribution in [1.82, 2.24) is 0 Å². The lowest BCUT2D eigenvalue weighted by Gasteiger charge is -2.08. The van der Waals surface area contributed by atoms with Crippen LogP contribution in [0, 0.1) is 0 Å². The van der Waals surface area contributed by atoms with Gasteiger partial charge < -0.3 is 15.6 Å². The molecule has 15 heavy (non-hydrogen) atoms. The van der Waals surface area contributed by atoms with Crippen molar-refractivity contribution in [1.29, 1.82) is 0 Å². The minimum absolute atomic E-state index is 0.0633. The molecule has 0 spiro atoms. The number of carboxylic acid groups (broad SMARTS) is 1. The molecule has 80 valence electrons. The molecule has 0 aliphatic heterocycles. The molecule has 1 atom stereocenters. The molecule has 0 amide bonds. The van der Waals surface area contributed by atoms with E-state index in [4.69, 9.17) is 15.6 Å². The summed E-state index contributed by atoms with van der Waals surface area (Å²) in [6, 6.07) is 5.66. The summed E-state index contributed by atoms with van der Waals surface area (Å²) < 4.78 is 5.09. The summed E-state index contributed by atoms with van der Waals surface area (Å²) in [5.41, 5.74) is 8.22. The Kier molecular flexibility index (Phi) is 2.60. The van der Waals surface area contributed by atoms with Crippen molar-refractivity contribution in [2.45, 2.75) is 18.9 Å². The average molecular weight is 207 g/mol. The van der Waals surface area contributed by atoms with Crippen LogP contribution < -0.4 is 10.5 Å². The topological polar surface area (TPSA) is 72.5 Å². The van der Waals surface area contributed by atoms with E-state index >= 15 is 0 Å². The molecule has 4 nitrogen and oxygen atoms in total. The molecule has 0 radical (unpaired) electrons. The molecule has 0 bridgehead atoms. The van der Waals surface area contributed by atoms with Crippen LogP contribution in [0.4, 0.5) is 0 Å². The second-order valence-corrected chi connectivity index (χ2v) is 3.69. The Morgan fingerprint density at radius 2 is 2.40 bits per heavy atom. The first kappa shape index (κ1) is 9.98. The van der Waals surface area contributed by atoms with Crippen LogP contribution in [0.1, 0.15) is 23.6 Å². The molecule has 1 aliphatic carbocycles. The first-order valence-corrected chi connectivity index (χ1v) is 4.90. The van der Waals surface area contributed by atoms with E-state index in [1.165, 1.54) is 5.56 Å². The first-order chi connectivity index (χ1) is 7.16. The summed E-state index contributed by atoms with van der Waals surface area (Å²) in [4.78, 5) is 10.3. The van der Waals surface area contributed by atoms with E-state index in [1.54, 1.807) is 6.07 Å². The van der Waals surface area contributed by atoms with Crippen molar-refractivity contribution in [3.8, 4) is 5.75 Å². The number of carboxylic acids is 1. The largest absolute Gasteiger partial charge is 0.482 e. The van der Waals surface area contributed by atoms with Crippen LogP contribution in [-0.2, 0) is 11.2 Å². The predicted molar refractivity (Wildman–Crippen MR) is 54.8 cm³/mol. The zero-order valence-corrected chi connectivity index (χ0v) is 8.27. The lowest BCUT2D eigenvalue weighted by molar-refractivity contribution is -0.139. The van der Waals surface area contributed by atoms with Crippen LogP contribution >= 0.6 is 0 Å². The average Bonchev–Trinajstić information content (AvgIpc) is 2.57. The van der Waals surface area contributed by atoms with Gasteiger partial charge in [-0.15, -0.1) is 0 Å². The van der Waals surface area contributed by atoms with E-state index in [0.717, 1.165) is 18.4 Å². The molecule has 0 fully saturated rings. The molecule has 2 rings (SSSR count). The fourth-order valence-corrected chi connectivity index (χ4v) is 1.85. The molecule has 0 saturated heterocycles. The summed E-state index contributed by atoms with van der Waals surface area (Å²) in [5.74, 6) is -0.395. The van der Waals surface area contributed by atoms with Crippen molar-refractivity contribution in [3.05, 3.63) is 29.3 Å². The molecular weight excluding hydrogens is 194 g/mol. The van der Waals surface area contributed by atoms with Crippen molar-refractivity contribution in [2.75, 3.05) is 6.61 Å². The van der Waals surface area contributed by atoms with Crippen molar-refractivity contribution in [3.63, 3.8) is 0 Å². The maximum Gasteiger partial charge on any atom is 0.341 e. The number of carbonyl (C=O) groups is 1. The van der Waals surface area contributed by atoms with Crippen LogP contribution in [0.25, 0.3) is 0 Å². The maximum absolute atomic E-state index is 10.3. The second kappa shape index (κ2) is 3.90. The highest BCUT2D eigenvalue weighted by atomic mass is 16.5. The third kappa shape index (κ3) is 2.10. The fraction of sp³-hybridized carbons (Fsp3) is 0.364. The van der Waals surface area contributed by atoms with Crippen LogP contribution in [0.3, 0.4) is 0 Å². The molecule has 0 saturated carbocycles. The van der Waals surface area contributed by atoms with Crippen molar-refractivity contribution >= 4 is 5.97 Å². The lowest BCUT2D eigenvalue weighted by Crippen LogP contribution is -2.10. The van der Waals surface area contributed by atoms with Gasteiger partial charge in [0.15, 0.2) is 6.61 Å². The zero-order chi connectivity index (χ0) is 10.8. The smallest absolute Gasteiger partial charge is 0.341 e. The van der Waals surface area contributed by atoms with Gasteiger partial charge in [0.2, 0.25) is 0 Å². The van der Waals surface area contributed by atoms with Gasteiger partial charge in [-0.3, -0.25) is 0 Å². The minimum atomic E-state index is -0.972. The fourth-order valence-electron chi connectivity index (χ4n) is 1.85. The van der Waals surface area contributed by atoms with Gasteiger partial charge in [0.25, 0.3) is 0 Å². The highest BCUT2D eigenvalue weighted by Crippen LogP contribution is 2.31. The molecule has 0 heterocycles. The molecule has 1 aromatic rings. The van der Waals surface area contributed by atoms with Gasteiger partial charge in [0.1, 0.15) is 5.75 Å². The molecule has 3 N–H and O–H groups in total. The van der Waals surface area contributed by atoms with E-state index in [2.05, 4.69) is 0 Å². The Morgan fingerprint density at radius 3 is 3.13 bits per heavy atom. The molecule has 1 aromatic carbocycles. The standard InChI is InChI=1S/C11H13NO3/c12-10-4-2-7-1-3-8(5-9(7)10)15-6-11(13)14/h1,3,5,10H,2,4,6,12H2,(H,13,14)/t10-/m1/s1. The number of fused-ring (bicyclic) bond motifs is 1. The minimum Gasteiger partial charge on any atom is -0.482 e. The van der Waals surface area contributed by atoms with E-state index in [9.17, 15) is 4.79 Å². The summed E-state index contributed by atoms with van der Waals surface area (Å²) in [6.07, 6.45) is 1.95. The molecule has 4 heteroatoms. The second-order valence-electron chi connectivity index (χ2n) is 3.69. The normalized spacial score (nSPS) is 18.6. The quantitative estimate of drug-likeness (QED) is 0.778. The van der Waals surface area contributed by atoms with E-state index < -0.39 is 5.97 Å². The van der Waals surface area contributed by atoms with Gasteiger partial charge in [-0.05, 0) is 36.1 Å². The van der Waals surface area contributed by atoms with Crippen LogP contribution in [0.5, 0.6) is 5.75 Å². The monoisotopic (exact) mass is 207 g/mol. The molecule has 0 aromatic heterocycles. The maximum atomic E-state index is 10.3. The van der Waals surface area contributed by atoms with Crippen LogP contribution in [0.15, 0.2) is 18.2 Å². The molecular formula is C11H13NO3. The summed E-state index contributed by atoms with van der Waals surface area (Å²) in [6.45, 7) is -0.311. The highest BCUT2D eigenvalue weighted by molar-refractivity contribution is 5.68. The molecule has 1 aliphatic rings. The number of hydrogen-bond acceptors (Lipinski definition) is 3. The van der Waals surface area contributed by atoms with Gasteiger partial charge in [-0.25, -0.2) is 4.79 Å². The number of ether oxygens (including phenoxy) is 1. The van der Waals surface area contributed by atoms with Crippen LogP contribution in [0.2, 0.25) is 0 Å². The Hall–Kier alpha value is -1.55. The number of nitrogens with two attached hydrogens (primary N) is 1. The zero-order valence-electron chi connectivity index (χ0n) is 8.27. The van der Waals surface area contributed by atoms with Crippen molar-refractivity contribution in [2.24, 2.45) is 5.73 Å². The summed E-state index contributed by atoms with van der Waals surface area (Å²) >= 11 is 0. The lowest BCUT2D eigenvalue weighted by atomic mass is 10.1. The van der Waals surface area contributed by atoms with Crippen molar-refractivity contribution < 1.29 is 14.6 Å². The van der Waals surface area contributed by atoms with E-state index in [0.29, 0.717) is 5.75 Å². The van der Waals surface area contributed by atoms with E-state index in [-0.39, 0.29) is 12.6 Å². The number of hydrogen-bond donors (Lipinski definition) is 2. The van der Waals surface area contributed by atoms with Gasteiger partial charge in [-0.2, -0.15) is 0 Å². The number of rotatable bonds is 3. The van der Waals surface area contributed by atoms with Gasteiger partial charge in [0.05, 0.1) is 0 Å². The molecule has 0 unspecified atom stereocenters. The van der Waals surface area contributed by atoms with Gasteiger partial charge in [0, 0.05) is 6.04 Å². The first-order valence-electron chi connectivity index (χ1n) is 4.90. The van der Waals surface area contributed by atoms with Crippen LogP contribution in [-0.4, -0.2) is 17.7 Å². The summed E-state index contributed by atoms with van der Waals surface area (Å²) in [5, 5.41) is 8.47. The number of benzene rings is 1. The van der Waals surface area contributed by atoms with E-state index in [1.807, 2.05) is 12.1 Å². The number of aliphatic carboxylic acids is 1. The third-order valence-corrected chi connectivity index (χ3v) is 2.60. The van der Waals surface area contributed by atoms with Gasteiger partial charge in [-0.1, -0.05) is 6.07 Å². The van der Waals surface area contributed by atoms with Gasteiger partial charge >= 0.3 is 5.97 Å². The highest BCUT2D eigenvalue weighted by Gasteiger charge is 2.19.